The third kappa shape index (κ3) is 4.36. The Bertz CT molecular complexity index is 875. The van der Waals surface area contributed by atoms with Crippen molar-refractivity contribution in [2.45, 2.75) is 31.8 Å². The summed E-state index contributed by atoms with van der Waals surface area (Å²) in [6.07, 6.45) is 2.92. The molecule has 1 aromatic heterocycles. The molecule has 0 aliphatic carbocycles. The number of carbonyl (C=O) groups excluding carboxylic acids is 1. The number of aromatic nitrogens is 1. The van der Waals surface area contributed by atoms with Crippen LogP contribution in [0, 0.1) is 0 Å². The number of likely N-dealkylation sites (tertiary alicyclic amines) is 1. The summed E-state index contributed by atoms with van der Waals surface area (Å²) in [5.74, 6) is 0. The van der Waals surface area contributed by atoms with Crippen LogP contribution in [0.15, 0.2) is 35.1 Å². The summed E-state index contributed by atoms with van der Waals surface area (Å²) >= 11 is 0. The number of nitrogens with one attached hydrogen (secondary N) is 1. The maximum absolute atomic E-state index is 12.5. The molecule has 4 rings (SSSR count). The lowest BCUT2D eigenvalue weighted by atomic mass is 10.0. The van der Waals surface area contributed by atoms with Gasteiger partial charge in [0.1, 0.15) is 6.61 Å². The van der Waals surface area contributed by atoms with E-state index in [1.165, 1.54) is 0 Å². The van der Waals surface area contributed by atoms with Crippen LogP contribution in [0.5, 0.6) is 0 Å². The molecule has 1 unspecified atom stereocenters. The molecule has 7 heteroatoms. The number of hydrogen-bond acceptors (Lipinski definition) is 5. The van der Waals surface area contributed by atoms with Gasteiger partial charge in [0.2, 0.25) is 0 Å². The first-order valence-corrected chi connectivity index (χ1v) is 10.0. The van der Waals surface area contributed by atoms with E-state index in [0.717, 1.165) is 42.3 Å². The molecule has 3 heterocycles. The maximum Gasteiger partial charge on any atom is 0.409 e. The first-order valence-electron chi connectivity index (χ1n) is 10.0. The van der Waals surface area contributed by atoms with E-state index in [9.17, 15) is 9.59 Å². The number of hydrogen-bond donors (Lipinski definition) is 1. The number of carbonyl (C=O) groups is 1. The molecule has 0 bridgehead atoms. The third-order valence-corrected chi connectivity index (χ3v) is 5.62. The molecule has 7 nitrogen and oxygen atoms in total. The van der Waals surface area contributed by atoms with E-state index < -0.39 is 0 Å². The van der Waals surface area contributed by atoms with Crippen molar-refractivity contribution in [3.63, 3.8) is 0 Å². The number of benzene rings is 1. The number of nitrogens with zero attached hydrogens (tertiary/aromatic N) is 2. The quantitative estimate of drug-likeness (QED) is 0.875. The standard InChI is InChI=1S/C21H27N3O4/c25-20-17(13-16-5-1-2-7-19(16)22-20)14-24-8-4-3-6-18(24)15-28-21(26)23-9-11-27-12-10-23/h1-2,5,7,13,18H,3-4,6,8-12,14-15H2,(H,22,25). The summed E-state index contributed by atoms with van der Waals surface area (Å²) in [4.78, 5) is 31.7. The fourth-order valence-corrected chi connectivity index (χ4v) is 3.99. The number of para-hydroxylation sites is 1. The van der Waals surface area contributed by atoms with Crippen LogP contribution >= 0.6 is 0 Å². The van der Waals surface area contributed by atoms with E-state index in [2.05, 4.69) is 9.88 Å². The number of rotatable bonds is 4. The Morgan fingerprint density at radius 3 is 2.86 bits per heavy atom. The minimum Gasteiger partial charge on any atom is -0.448 e. The molecule has 0 spiro atoms. The molecule has 1 atom stereocenters. The normalized spacial score (nSPS) is 21.0. The van der Waals surface area contributed by atoms with Crippen molar-refractivity contribution in [3.8, 4) is 0 Å². The topological polar surface area (TPSA) is 74.9 Å². The van der Waals surface area contributed by atoms with Crippen molar-refractivity contribution in [2.24, 2.45) is 0 Å². The van der Waals surface area contributed by atoms with E-state index in [-0.39, 0.29) is 17.7 Å². The highest BCUT2D eigenvalue weighted by molar-refractivity contribution is 5.78. The highest BCUT2D eigenvalue weighted by Gasteiger charge is 2.26. The Morgan fingerprint density at radius 1 is 1.18 bits per heavy atom. The molecule has 1 amide bonds. The summed E-state index contributed by atoms with van der Waals surface area (Å²) < 4.78 is 10.9. The zero-order valence-electron chi connectivity index (χ0n) is 16.1. The molecule has 1 N–H and O–H groups in total. The predicted octanol–water partition coefficient (Wildman–Crippen LogP) is 2.35. The van der Waals surface area contributed by atoms with Crippen molar-refractivity contribution in [3.05, 3.63) is 46.2 Å². The summed E-state index contributed by atoms with van der Waals surface area (Å²) in [5.41, 5.74) is 1.56. The van der Waals surface area contributed by atoms with Gasteiger partial charge in [-0.2, -0.15) is 0 Å². The molecule has 2 fully saturated rings. The van der Waals surface area contributed by atoms with Crippen LogP contribution in [0.1, 0.15) is 24.8 Å². The number of H-pyrrole nitrogens is 1. The number of amides is 1. The fraction of sp³-hybridized carbons (Fsp3) is 0.524. The van der Waals surface area contributed by atoms with Crippen molar-refractivity contribution >= 4 is 17.0 Å². The van der Waals surface area contributed by atoms with E-state index in [4.69, 9.17) is 9.47 Å². The van der Waals surface area contributed by atoms with Gasteiger partial charge in [-0.1, -0.05) is 24.6 Å². The van der Waals surface area contributed by atoms with Crippen LogP contribution in [-0.4, -0.2) is 66.4 Å². The minimum atomic E-state index is -0.266. The third-order valence-electron chi connectivity index (χ3n) is 5.62. The van der Waals surface area contributed by atoms with Crippen LogP contribution < -0.4 is 5.56 Å². The molecule has 0 saturated carbocycles. The van der Waals surface area contributed by atoms with Gasteiger partial charge in [-0.3, -0.25) is 9.69 Å². The second kappa shape index (κ2) is 8.75. The van der Waals surface area contributed by atoms with Crippen LogP contribution in [0.2, 0.25) is 0 Å². The highest BCUT2D eigenvalue weighted by Crippen LogP contribution is 2.20. The van der Waals surface area contributed by atoms with E-state index in [1.807, 2.05) is 30.3 Å². The number of morpholine rings is 1. The van der Waals surface area contributed by atoms with Crippen molar-refractivity contribution in [2.75, 3.05) is 39.5 Å². The second-order valence-corrected chi connectivity index (χ2v) is 7.51. The Kier molecular flexibility index (Phi) is 5.92. The van der Waals surface area contributed by atoms with Crippen LogP contribution in [0.4, 0.5) is 4.79 Å². The molecule has 150 valence electrons. The number of ether oxygens (including phenoxy) is 2. The number of piperidine rings is 1. The van der Waals surface area contributed by atoms with Crippen molar-refractivity contribution < 1.29 is 14.3 Å². The first-order chi connectivity index (χ1) is 13.7. The van der Waals surface area contributed by atoms with E-state index >= 15 is 0 Å². The average Bonchev–Trinajstić information content (AvgIpc) is 2.74. The summed E-state index contributed by atoms with van der Waals surface area (Å²) in [7, 11) is 0. The molecular weight excluding hydrogens is 358 g/mol. The van der Waals surface area contributed by atoms with Crippen molar-refractivity contribution in [1.29, 1.82) is 0 Å². The van der Waals surface area contributed by atoms with Gasteiger partial charge in [0, 0.05) is 36.8 Å². The van der Waals surface area contributed by atoms with Crippen LogP contribution in [-0.2, 0) is 16.0 Å². The monoisotopic (exact) mass is 385 g/mol. The van der Waals surface area contributed by atoms with Gasteiger partial charge in [-0.15, -0.1) is 0 Å². The van der Waals surface area contributed by atoms with Gasteiger partial charge < -0.3 is 19.4 Å². The number of pyridine rings is 1. The second-order valence-electron chi connectivity index (χ2n) is 7.51. The van der Waals surface area contributed by atoms with Gasteiger partial charge >= 0.3 is 6.09 Å². The van der Waals surface area contributed by atoms with Gasteiger partial charge in [-0.25, -0.2) is 4.79 Å². The predicted molar refractivity (Wildman–Crippen MR) is 106 cm³/mol. The minimum absolute atomic E-state index is 0.0478. The molecule has 28 heavy (non-hydrogen) atoms. The van der Waals surface area contributed by atoms with Gasteiger partial charge in [0.15, 0.2) is 0 Å². The van der Waals surface area contributed by atoms with E-state index in [0.29, 0.717) is 39.5 Å². The Balaban J connectivity index is 1.41. The molecule has 2 saturated heterocycles. The highest BCUT2D eigenvalue weighted by atomic mass is 16.6. The van der Waals surface area contributed by atoms with Gasteiger partial charge in [-0.05, 0) is 36.9 Å². The zero-order chi connectivity index (χ0) is 19.3. The van der Waals surface area contributed by atoms with E-state index in [1.54, 1.807) is 4.90 Å². The lowest BCUT2D eigenvalue weighted by Gasteiger charge is -2.35. The lowest BCUT2D eigenvalue weighted by Crippen LogP contribution is -2.45. The molecule has 0 radical (unpaired) electrons. The van der Waals surface area contributed by atoms with Crippen LogP contribution in [0.3, 0.4) is 0 Å². The average molecular weight is 385 g/mol. The van der Waals surface area contributed by atoms with Crippen LogP contribution in [0.25, 0.3) is 10.9 Å². The SMILES string of the molecule is O=C(OCC1CCCCN1Cc1cc2ccccc2[nH]c1=O)N1CCOCC1. The molecule has 1 aromatic carbocycles. The molecule has 2 aromatic rings. The number of fused-ring (bicyclic) bond motifs is 1. The van der Waals surface area contributed by atoms with Crippen molar-refractivity contribution in [1.82, 2.24) is 14.8 Å². The molecular formula is C21H27N3O4. The Hall–Kier alpha value is -2.38. The van der Waals surface area contributed by atoms with Gasteiger partial charge in [0.05, 0.1) is 13.2 Å². The smallest absolute Gasteiger partial charge is 0.409 e. The largest absolute Gasteiger partial charge is 0.448 e. The maximum atomic E-state index is 12.5. The Labute approximate surface area is 164 Å². The molecule has 2 aliphatic rings. The summed E-state index contributed by atoms with van der Waals surface area (Å²) in [5, 5.41) is 1.03. The first kappa shape index (κ1) is 19.0. The summed E-state index contributed by atoms with van der Waals surface area (Å²) in [6, 6.07) is 9.92. The summed E-state index contributed by atoms with van der Waals surface area (Å²) in [6.45, 7) is 4.14. The lowest BCUT2D eigenvalue weighted by molar-refractivity contribution is 0.0119. The van der Waals surface area contributed by atoms with Gasteiger partial charge in [0.25, 0.3) is 5.56 Å². The fourth-order valence-electron chi connectivity index (χ4n) is 3.99. The zero-order valence-corrected chi connectivity index (χ0v) is 16.1. The number of aromatic amines is 1. The Morgan fingerprint density at radius 2 is 2.00 bits per heavy atom. The molecule has 2 aliphatic heterocycles.